The highest BCUT2D eigenvalue weighted by Crippen LogP contribution is 2.48. The number of amides is 2. The fourth-order valence-corrected chi connectivity index (χ4v) is 4.35. The third kappa shape index (κ3) is 4.72. The zero-order valence-corrected chi connectivity index (χ0v) is 19.6. The van der Waals surface area contributed by atoms with Crippen molar-refractivity contribution in [1.29, 1.82) is 5.26 Å². The number of hydrogen-bond donors (Lipinski definition) is 2. The van der Waals surface area contributed by atoms with Crippen LogP contribution in [0.3, 0.4) is 0 Å². The van der Waals surface area contributed by atoms with Gasteiger partial charge in [-0.05, 0) is 38.8 Å². The molecule has 10 nitrogen and oxygen atoms in total. The van der Waals surface area contributed by atoms with Crippen LogP contribution in [0.2, 0.25) is 0 Å². The molecule has 2 N–H and O–H groups in total. The van der Waals surface area contributed by atoms with Crippen LogP contribution < -0.4 is 10.6 Å². The van der Waals surface area contributed by atoms with Gasteiger partial charge in [-0.1, -0.05) is 6.07 Å². The Hall–Kier alpha value is -3.84. The summed E-state index contributed by atoms with van der Waals surface area (Å²) in [6, 6.07) is 7.74. The van der Waals surface area contributed by atoms with Crippen LogP contribution in [0.15, 0.2) is 24.4 Å². The molecule has 0 bridgehead atoms. The molecule has 2 amide bonds. The Kier molecular flexibility index (Phi) is 5.94. The number of nitrogens with one attached hydrogen (secondary N) is 2. The maximum atomic E-state index is 13.3. The number of rotatable bonds is 8. The minimum Gasteiger partial charge on any atom is -0.381 e. The Bertz CT molecular complexity index is 1230. The van der Waals surface area contributed by atoms with Gasteiger partial charge in [0.15, 0.2) is 6.29 Å². The number of carbonyl (C=O) groups is 3. The predicted octanol–water partition coefficient (Wildman–Crippen LogP) is 1.68. The first-order chi connectivity index (χ1) is 16.9. The van der Waals surface area contributed by atoms with Gasteiger partial charge in [-0.3, -0.25) is 19.3 Å². The number of nitriles is 1. The summed E-state index contributed by atoms with van der Waals surface area (Å²) < 4.78 is 0. The normalized spacial score (nSPS) is 19.1. The van der Waals surface area contributed by atoms with E-state index < -0.39 is 5.41 Å². The van der Waals surface area contributed by atoms with Crippen molar-refractivity contribution in [3.63, 3.8) is 0 Å². The number of carbonyl (C=O) groups excluding carboxylic acids is 3. The van der Waals surface area contributed by atoms with Crippen molar-refractivity contribution in [2.75, 3.05) is 37.3 Å². The zero-order valence-electron chi connectivity index (χ0n) is 19.6. The van der Waals surface area contributed by atoms with Crippen molar-refractivity contribution >= 4 is 29.6 Å². The van der Waals surface area contributed by atoms with E-state index in [9.17, 15) is 19.6 Å². The molecule has 0 unspecified atom stereocenters. The number of anilines is 2. The van der Waals surface area contributed by atoms with Crippen molar-refractivity contribution in [3.05, 3.63) is 46.9 Å². The van der Waals surface area contributed by atoms with E-state index in [1.54, 1.807) is 23.1 Å². The van der Waals surface area contributed by atoms with Crippen LogP contribution in [0.25, 0.3) is 0 Å². The first kappa shape index (κ1) is 22.9. The molecule has 2 saturated carbocycles. The molecule has 1 aliphatic heterocycles. The minimum absolute atomic E-state index is 0.0168. The molecular weight excluding hydrogens is 446 g/mol. The second kappa shape index (κ2) is 9.07. The van der Waals surface area contributed by atoms with E-state index in [1.807, 2.05) is 11.9 Å². The third-order valence-corrected chi connectivity index (χ3v) is 6.87. The Labute approximate surface area is 203 Å². The lowest BCUT2D eigenvalue weighted by Crippen LogP contribution is -2.48. The van der Waals surface area contributed by atoms with Crippen molar-refractivity contribution < 1.29 is 14.4 Å². The largest absolute Gasteiger partial charge is 0.381 e. The highest BCUT2D eigenvalue weighted by molar-refractivity contribution is 6.01. The molecule has 3 fully saturated rings. The summed E-state index contributed by atoms with van der Waals surface area (Å²) in [6.07, 6.45) is 5.49. The van der Waals surface area contributed by atoms with Gasteiger partial charge in [0.2, 0.25) is 11.8 Å². The molecule has 0 atom stereocenters. The molecule has 0 aromatic carbocycles. The van der Waals surface area contributed by atoms with Crippen molar-refractivity contribution in [3.8, 4) is 6.07 Å². The summed E-state index contributed by atoms with van der Waals surface area (Å²) >= 11 is 0. The Morgan fingerprint density at radius 3 is 2.77 bits per heavy atom. The lowest BCUT2D eigenvalue weighted by atomic mass is 9.98. The highest BCUT2D eigenvalue weighted by atomic mass is 16.2. The maximum absolute atomic E-state index is 13.3. The van der Waals surface area contributed by atoms with Crippen LogP contribution in [0.1, 0.15) is 53.0 Å². The Morgan fingerprint density at radius 1 is 1.31 bits per heavy atom. The molecule has 2 aliphatic carbocycles. The van der Waals surface area contributed by atoms with E-state index in [1.165, 1.54) is 6.20 Å². The van der Waals surface area contributed by atoms with Crippen LogP contribution in [-0.4, -0.2) is 70.6 Å². The number of pyridine rings is 2. The lowest BCUT2D eigenvalue weighted by molar-refractivity contribution is -0.136. The first-order valence-electron chi connectivity index (χ1n) is 11.8. The van der Waals surface area contributed by atoms with Crippen molar-refractivity contribution in [1.82, 2.24) is 19.8 Å². The first-order valence-corrected chi connectivity index (χ1v) is 11.8. The van der Waals surface area contributed by atoms with Crippen molar-refractivity contribution in [2.24, 2.45) is 0 Å². The van der Waals surface area contributed by atoms with Gasteiger partial charge >= 0.3 is 0 Å². The van der Waals surface area contributed by atoms with Crippen LogP contribution in [0.4, 0.5) is 11.5 Å². The molecule has 5 rings (SSSR count). The smallest absolute Gasteiger partial charge is 0.237 e. The molecule has 0 radical (unpaired) electrons. The third-order valence-electron chi connectivity index (χ3n) is 6.87. The number of piperazine rings is 1. The van der Waals surface area contributed by atoms with Gasteiger partial charge in [-0.2, -0.15) is 5.26 Å². The molecule has 35 heavy (non-hydrogen) atoms. The molecule has 2 aromatic heterocycles. The van der Waals surface area contributed by atoms with Crippen LogP contribution >= 0.6 is 0 Å². The van der Waals surface area contributed by atoms with E-state index in [-0.39, 0.29) is 17.5 Å². The molecule has 2 aromatic rings. The fraction of sp³-hybridized carbons (Fsp3) is 0.440. The monoisotopic (exact) mass is 473 g/mol. The van der Waals surface area contributed by atoms with Gasteiger partial charge < -0.3 is 15.5 Å². The van der Waals surface area contributed by atoms with Gasteiger partial charge in [0.05, 0.1) is 28.9 Å². The van der Waals surface area contributed by atoms with Crippen LogP contribution in [0, 0.1) is 11.3 Å². The molecule has 3 heterocycles. The molecule has 0 spiro atoms. The zero-order chi connectivity index (χ0) is 24.6. The number of likely N-dealkylation sites (N-methyl/N-ethyl adjacent to an activating group) is 1. The molecule has 1 saturated heterocycles. The van der Waals surface area contributed by atoms with Crippen molar-refractivity contribution in [2.45, 2.75) is 43.7 Å². The maximum Gasteiger partial charge on any atom is 0.237 e. The van der Waals surface area contributed by atoms with Crippen LogP contribution in [-0.2, 0) is 21.5 Å². The van der Waals surface area contributed by atoms with Gasteiger partial charge in [0.1, 0.15) is 17.6 Å². The highest BCUT2D eigenvalue weighted by Gasteiger charge is 2.53. The summed E-state index contributed by atoms with van der Waals surface area (Å²) in [5, 5.41) is 15.5. The van der Waals surface area contributed by atoms with E-state index in [0.717, 1.165) is 19.4 Å². The summed E-state index contributed by atoms with van der Waals surface area (Å²) in [5.74, 6) is 0.144. The molecule has 10 heteroatoms. The van der Waals surface area contributed by atoms with Crippen LogP contribution in [0.5, 0.6) is 0 Å². The summed E-state index contributed by atoms with van der Waals surface area (Å²) in [4.78, 5) is 49.9. The summed E-state index contributed by atoms with van der Waals surface area (Å²) in [6.45, 7) is 2.04. The van der Waals surface area contributed by atoms with E-state index in [0.29, 0.717) is 73.1 Å². The fourth-order valence-electron chi connectivity index (χ4n) is 4.35. The standard InChI is InChI=1S/C25H27N7O3/c1-31-8-9-32(23(34)14-31)13-16-2-5-21(29-20(16)15-33)25(6-7-25)24(35)30-22-10-19(28-18-3-4-18)17(11-26)12-27-22/h2,5,10,12,15,18H,3-4,6-9,13-14H2,1H3,(H2,27,28,30,35). The van der Waals surface area contributed by atoms with E-state index >= 15 is 0 Å². The number of hydrogen-bond acceptors (Lipinski definition) is 8. The lowest BCUT2D eigenvalue weighted by Gasteiger charge is -2.32. The second-order valence-electron chi connectivity index (χ2n) is 9.59. The second-order valence-corrected chi connectivity index (χ2v) is 9.59. The molecule has 3 aliphatic rings. The number of nitrogens with zero attached hydrogens (tertiary/aromatic N) is 5. The van der Waals surface area contributed by atoms with Gasteiger partial charge in [0.25, 0.3) is 0 Å². The SMILES string of the molecule is CN1CCN(Cc2ccc(C3(C(=O)Nc4cc(NC5CC5)c(C#N)cn4)CC3)nc2C=O)C(=O)C1. The summed E-state index contributed by atoms with van der Waals surface area (Å²) in [7, 11) is 1.90. The average molecular weight is 474 g/mol. The predicted molar refractivity (Wildman–Crippen MR) is 128 cm³/mol. The topological polar surface area (TPSA) is 131 Å². The van der Waals surface area contributed by atoms with Gasteiger partial charge in [-0.15, -0.1) is 0 Å². The molecule has 180 valence electrons. The summed E-state index contributed by atoms with van der Waals surface area (Å²) in [5.41, 5.74) is 1.73. The Morgan fingerprint density at radius 2 is 2.11 bits per heavy atom. The number of aromatic nitrogens is 2. The average Bonchev–Trinajstić information content (AvgIpc) is 3.77. The van der Waals surface area contributed by atoms with Gasteiger partial charge in [-0.25, -0.2) is 9.97 Å². The minimum atomic E-state index is -0.820. The van der Waals surface area contributed by atoms with E-state index in [2.05, 4.69) is 26.7 Å². The Balaban J connectivity index is 1.32. The molecular formula is C25H27N7O3. The number of aldehydes is 1. The quantitative estimate of drug-likeness (QED) is 0.554. The van der Waals surface area contributed by atoms with E-state index in [4.69, 9.17) is 0 Å². The van der Waals surface area contributed by atoms with Gasteiger partial charge in [0, 0.05) is 43.5 Å².